The topological polar surface area (TPSA) is 81.8 Å². The van der Waals surface area contributed by atoms with Gasteiger partial charge in [0.25, 0.3) is 5.56 Å². The zero-order valence-electron chi connectivity index (χ0n) is 13.7. The van der Waals surface area contributed by atoms with Crippen molar-refractivity contribution in [2.45, 2.75) is 33.5 Å². The molecule has 1 N–H and O–H groups in total. The minimum Gasteiger partial charge on any atom is -0.349 e. The van der Waals surface area contributed by atoms with E-state index >= 15 is 0 Å². The van der Waals surface area contributed by atoms with Gasteiger partial charge in [0.05, 0.1) is 17.9 Å². The number of hydrogen-bond acceptors (Lipinski definition) is 4. The van der Waals surface area contributed by atoms with Gasteiger partial charge in [-0.05, 0) is 32.0 Å². The maximum atomic E-state index is 12.6. The first-order chi connectivity index (χ1) is 11.6. The Morgan fingerprint density at radius 3 is 2.83 bits per heavy atom. The fourth-order valence-corrected chi connectivity index (χ4v) is 2.64. The van der Waals surface area contributed by atoms with Crippen LogP contribution in [0.3, 0.4) is 0 Å². The van der Waals surface area contributed by atoms with Gasteiger partial charge in [0.1, 0.15) is 12.1 Å². The van der Waals surface area contributed by atoms with Crippen molar-refractivity contribution in [2.24, 2.45) is 0 Å². The normalized spacial score (nSPS) is 10.9. The third kappa shape index (κ3) is 3.05. The second-order valence-electron chi connectivity index (χ2n) is 5.51. The Morgan fingerprint density at radius 2 is 2.12 bits per heavy atom. The minimum atomic E-state index is -0.235. The summed E-state index contributed by atoms with van der Waals surface area (Å²) >= 11 is 0. The quantitative estimate of drug-likeness (QED) is 0.765. The molecule has 3 heterocycles. The Balaban J connectivity index is 1.79. The largest absolute Gasteiger partial charge is 0.349 e. The second-order valence-corrected chi connectivity index (χ2v) is 5.51. The number of fused-ring (bicyclic) bond motifs is 1. The van der Waals surface area contributed by atoms with Crippen molar-refractivity contribution in [3.05, 3.63) is 58.4 Å². The van der Waals surface area contributed by atoms with Crippen LogP contribution in [0.2, 0.25) is 0 Å². The molecule has 0 spiro atoms. The lowest BCUT2D eigenvalue weighted by Crippen LogP contribution is -2.32. The van der Waals surface area contributed by atoms with Crippen LogP contribution in [0.5, 0.6) is 0 Å². The van der Waals surface area contributed by atoms with Crippen LogP contribution in [0, 0.1) is 6.92 Å². The highest BCUT2D eigenvalue weighted by Crippen LogP contribution is 2.13. The average Bonchev–Trinajstić information content (AvgIpc) is 2.93. The smallest absolute Gasteiger partial charge is 0.277 e. The third-order valence-corrected chi connectivity index (χ3v) is 3.86. The summed E-state index contributed by atoms with van der Waals surface area (Å²) in [7, 11) is 0. The van der Waals surface area contributed by atoms with Crippen LogP contribution >= 0.6 is 0 Å². The monoisotopic (exact) mass is 325 g/mol. The van der Waals surface area contributed by atoms with Crippen molar-refractivity contribution in [1.82, 2.24) is 24.6 Å². The highest BCUT2D eigenvalue weighted by atomic mass is 16.2. The molecule has 0 saturated heterocycles. The van der Waals surface area contributed by atoms with E-state index in [0.29, 0.717) is 18.6 Å². The first-order valence-electron chi connectivity index (χ1n) is 7.83. The van der Waals surface area contributed by atoms with Crippen LogP contribution in [-0.2, 0) is 24.4 Å². The molecule has 0 aliphatic carbocycles. The molecule has 3 rings (SSSR count). The number of pyridine rings is 2. The van der Waals surface area contributed by atoms with Crippen molar-refractivity contribution in [3.63, 3.8) is 0 Å². The summed E-state index contributed by atoms with van der Waals surface area (Å²) in [5.74, 6) is -0.235. The van der Waals surface area contributed by atoms with E-state index in [1.54, 1.807) is 17.1 Å². The van der Waals surface area contributed by atoms with E-state index in [2.05, 4.69) is 15.4 Å². The maximum Gasteiger partial charge on any atom is 0.277 e. The van der Waals surface area contributed by atoms with E-state index in [1.165, 1.54) is 4.57 Å². The first-order valence-corrected chi connectivity index (χ1v) is 7.83. The van der Waals surface area contributed by atoms with Gasteiger partial charge in [0.15, 0.2) is 0 Å². The molecule has 7 heteroatoms. The number of nitrogens with zero attached hydrogens (tertiary/aromatic N) is 4. The van der Waals surface area contributed by atoms with E-state index in [9.17, 15) is 9.59 Å². The van der Waals surface area contributed by atoms with Crippen molar-refractivity contribution in [1.29, 1.82) is 0 Å². The molecule has 3 aromatic rings. The molecule has 24 heavy (non-hydrogen) atoms. The molecule has 0 atom stereocenters. The van der Waals surface area contributed by atoms with Crippen LogP contribution in [0.25, 0.3) is 10.9 Å². The van der Waals surface area contributed by atoms with Gasteiger partial charge < -0.3 is 9.88 Å². The number of carbonyl (C=O) groups excluding carboxylic acids is 1. The standard InChI is InChI=1S/C17H19N5O2/c1-3-22-16-14(12(2)20-22)7-9-21(17(16)24)11-15(23)19-10-13-6-4-5-8-18-13/h4-9H,3,10-11H2,1-2H3,(H,19,23). The van der Waals surface area contributed by atoms with Gasteiger partial charge in [-0.2, -0.15) is 5.10 Å². The molecule has 1 amide bonds. The van der Waals surface area contributed by atoms with E-state index < -0.39 is 0 Å². The number of aromatic nitrogens is 4. The minimum absolute atomic E-state index is 0.0322. The van der Waals surface area contributed by atoms with E-state index in [4.69, 9.17) is 0 Å². The fourth-order valence-electron chi connectivity index (χ4n) is 2.64. The molecule has 7 nitrogen and oxygen atoms in total. The molecule has 0 aromatic carbocycles. The lowest BCUT2D eigenvalue weighted by atomic mass is 10.2. The van der Waals surface area contributed by atoms with E-state index in [-0.39, 0.29) is 18.0 Å². The van der Waals surface area contributed by atoms with Gasteiger partial charge in [-0.1, -0.05) is 6.07 Å². The number of amides is 1. The summed E-state index contributed by atoms with van der Waals surface area (Å²) in [5, 5.41) is 7.96. The predicted molar refractivity (Wildman–Crippen MR) is 90.5 cm³/mol. The number of nitrogens with one attached hydrogen (secondary N) is 1. The molecule has 124 valence electrons. The third-order valence-electron chi connectivity index (χ3n) is 3.86. The molecule has 0 radical (unpaired) electrons. The number of aryl methyl sites for hydroxylation is 2. The Hall–Kier alpha value is -2.96. The molecule has 0 unspecified atom stereocenters. The second kappa shape index (κ2) is 6.66. The number of hydrogen-bond donors (Lipinski definition) is 1. The van der Waals surface area contributed by atoms with Gasteiger partial charge in [0, 0.05) is 24.3 Å². The highest BCUT2D eigenvalue weighted by Gasteiger charge is 2.13. The van der Waals surface area contributed by atoms with Crippen LogP contribution in [0.4, 0.5) is 0 Å². The van der Waals surface area contributed by atoms with Gasteiger partial charge in [0.2, 0.25) is 5.91 Å². The van der Waals surface area contributed by atoms with E-state index in [1.807, 2.05) is 38.1 Å². The Morgan fingerprint density at radius 1 is 1.29 bits per heavy atom. The van der Waals surface area contributed by atoms with E-state index in [0.717, 1.165) is 16.8 Å². The Labute approximate surface area is 138 Å². The van der Waals surface area contributed by atoms with Crippen molar-refractivity contribution in [2.75, 3.05) is 0 Å². The molecule has 3 aromatic heterocycles. The van der Waals surface area contributed by atoms with Crippen LogP contribution in [0.1, 0.15) is 18.3 Å². The lowest BCUT2D eigenvalue weighted by Gasteiger charge is -2.08. The Bertz CT molecular complexity index is 927. The van der Waals surface area contributed by atoms with Crippen molar-refractivity contribution >= 4 is 16.8 Å². The first kappa shape index (κ1) is 15.9. The summed E-state index contributed by atoms with van der Waals surface area (Å²) in [4.78, 5) is 28.9. The summed E-state index contributed by atoms with van der Waals surface area (Å²) in [6.45, 7) is 4.72. The molecule has 0 saturated carbocycles. The summed E-state index contributed by atoms with van der Waals surface area (Å²) in [6.07, 6.45) is 3.31. The lowest BCUT2D eigenvalue weighted by molar-refractivity contribution is -0.121. The van der Waals surface area contributed by atoms with Gasteiger partial charge in [-0.25, -0.2) is 0 Å². The van der Waals surface area contributed by atoms with Crippen molar-refractivity contribution < 1.29 is 4.79 Å². The van der Waals surface area contributed by atoms with Crippen LogP contribution < -0.4 is 10.9 Å². The van der Waals surface area contributed by atoms with Gasteiger partial charge in [-0.15, -0.1) is 0 Å². The molecular weight excluding hydrogens is 306 g/mol. The molecule has 0 bridgehead atoms. The molecule has 0 aliphatic heterocycles. The zero-order valence-corrected chi connectivity index (χ0v) is 13.7. The van der Waals surface area contributed by atoms with Crippen molar-refractivity contribution in [3.8, 4) is 0 Å². The molecular formula is C17H19N5O2. The Kier molecular flexibility index (Phi) is 4.41. The number of rotatable bonds is 5. The predicted octanol–water partition coefficient (Wildman–Crippen LogP) is 1.24. The van der Waals surface area contributed by atoms with Crippen LogP contribution in [0.15, 0.2) is 41.5 Å². The maximum absolute atomic E-state index is 12.6. The van der Waals surface area contributed by atoms with Gasteiger partial charge in [-0.3, -0.25) is 19.3 Å². The summed E-state index contributed by atoms with van der Waals surface area (Å²) in [6, 6.07) is 7.35. The molecule has 0 aliphatic rings. The average molecular weight is 325 g/mol. The highest BCUT2D eigenvalue weighted by molar-refractivity contribution is 5.81. The zero-order chi connectivity index (χ0) is 17.1. The SMILES string of the molecule is CCn1nc(C)c2ccn(CC(=O)NCc3ccccn3)c(=O)c21. The summed E-state index contributed by atoms with van der Waals surface area (Å²) < 4.78 is 3.08. The van der Waals surface area contributed by atoms with Crippen LogP contribution in [-0.4, -0.2) is 25.2 Å². The molecule has 0 fully saturated rings. The number of carbonyl (C=O) groups is 1. The van der Waals surface area contributed by atoms with Gasteiger partial charge >= 0.3 is 0 Å². The summed E-state index contributed by atoms with van der Waals surface area (Å²) in [5.41, 5.74) is 1.92. The fraction of sp³-hybridized carbons (Fsp3) is 0.294.